The van der Waals surface area contributed by atoms with E-state index in [-0.39, 0.29) is 5.91 Å². The minimum Gasteiger partial charge on any atom is -0.365 e. The van der Waals surface area contributed by atoms with Crippen molar-refractivity contribution in [1.29, 1.82) is 0 Å². The summed E-state index contributed by atoms with van der Waals surface area (Å²) >= 11 is 0. The number of aromatic nitrogens is 3. The van der Waals surface area contributed by atoms with Crippen LogP contribution in [0.5, 0.6) is 0 Å². The number of amides is 1. The Morgan fingerprint density at radius 2 is 1.77 bits per heavy atom. The summed E-state index contributed by atoms with van der Waals surface area (Å²) < 4.78 is 25.6. The van der Waals surface area contributed by atoms with Crippen molar-refractivity contribution in [2.24, 2.45) is 0 Å². The van der Waals surface area contributed by atoms with Crippen LogP contribution in [0.15, 0.2) is 60.8 Å². The summed E-state index contributed by atoms with van der Waals surface area (Å²) in [5.74, 6) is 0.875. The molecule has 0 atom stereocenters. The number of likely N-dealkylation sites (N-methyl/N-ethyl adjacent to an activating group) is 1. The van der Waals surface area contributed by atoms with Gasteiger partial charge in [-0.3, -0.25) is 9.10 Å². The van der Waals surface area contributed by atoms with Crippen molar-refractivity contribution >= 4 is 50.1 Å². The lowest BCUT2D eigenvalue weighted by atomic mass is 10.1. The number of carbonyl (C=O) groups excluding carboxylic acids is 1. The second kappa shape index (κ2) is 13.4. The summed E-state index contributed by atoms with van der Waals surface area (Å²) in [6.45, 7) is 6.32. The highest BCUT2D eigenvalue weighted by atomic mass is 32.2. The quantitative estimate of drug-likeness (QED) is 0.180. The van der Waals surface area contributed by atoms with Gasteiger partial charge in [0.05, 0.1) is 17.3 Å². The number of nitrogens with zero attached hydrogens (tertiary/aromatic N) is 5. The van der Waals surface area contributed by atoms with Gasteiger partial charge in [-0.15, -0.1) is 0 Å². The Bertz CT molecular complexity index is 1650. The number of fused-ring (bicyclic) bond motifs is 1. The van der Waals surface area contributed by atoms with Gasteiger partial charge in [0.25, 0.3) is 5.91 Å². The second-order valence-corrected chi connectivity index (χ2v) is 12.8. The van der Waals surface area contributed by atoms with Crippen molar-refractivity contribution in [2.75, 3.05) is 74.6 Å². The van der Waals surface area contributed by atoms with E-state index in [0.29, 0.717) is 41.8 Å². The number of H-pyrrole nitrogens is 1. The van der Waals surface area contributed by atoms with Crippen LogP contribution >= 0.6 is 0 Å². The normalized spacial score (nSPS) is 14.5. The van der Waals surface area contributed by atoms with E-state index in [4.69, 9.17) is 0 Å². The van der Waals surface area contributed by atoms with Crippen molar-refractivity contribution in [3.05, 3.63) is 71.9 Å². The van der Waals surface area contributed by atoms with Crippen molar-refractivity contribution in [1.82, 2.24) is 30.1 Å². The first-order valence-corrected chi connectivity index (χ1v) is 16.2. The van der Waals surface area contributed by atoms with Crippen LogP contribution in [-0.4, -0.2) is 98.7 Å². The molecule has 0 radical (unpaired) electrons. The first-order valence-electron chi connectivity index (χ1n) is 14.3. The fraction of sp³-hybridized carbons (Fsp3) is 0.367. The number of nitrogens with one attached hydrogen (secondary N) is 4. The third-order valence-corrected chi connectivity index (χ3v) is 8.82. The van der Waals surface area contributed by atoms with Gasteiger partial charge in [0, 0.05) is 63.8 Å². The average Bonchev–Trinajstić information content (AvgIpc) is 3.47. The Balaban J connectivity index is 1.20. The molecule has 4 aromatic rings. The molecule has 43 heavy (non-hydrogen) atoms. The van der Waals surface area contributed by atoms with Crippen molar-refractivity contribution in [3.8, 4) is 0 Å². The fourth-order valence-corrected chi connectivity index (χ4v) is 5.50. The lowest BCUT2D eigenvalue weighted by molar-refractivity contribution is 0.0949. The Morgan fingerprint density at radius 3 is 2.51 bits per heavy atom. The largest absolute Gasteiger partial charge is 0.365 e. The van der Waals surface area contributed by atoms with Crippen molar-refractivity contribution in [3.63, 3.8) is 0 Å². The zero-order valence-electron chi connectivity index (χ0n) is 24.8. The highest BCUT2D eigenvalue weighted by molar-refractivity contribution is 7.92. The number of aromatic amines is 1. The summed E-state index contributed by atoms with van der Waals surface area (Å²) in [5.41, 5.74) is 3.37. The molecule has 228 valence electrons. The van der Waals surface area contributed by atoms with Crippen LogP contribution in [0, 0.1) is 0 Å². The van der Waals surface area contributed by atoms with E-state index in [1.54, 1.807) is 24.4 Å². The molecule has 1 saturated heterocycles. The van der Waals surface area contributed by atoms with Gasteiger partial charge in [-0.2, -0.15) is 9.97 Å². The molecule has 1 aliphatic rings. The number of piperazine rings is 1. The highest BCUT2D eigenvalue weighted by Crippen LogP contribution is 2.26. The van der Waals surface area contributed by atoms with Crippen molar-refractivity contribution < 1.29 is 13.2 Å². The summed E-state index contributed by atoms with van der Waals surface area (Å²) in [5, 5.41) is 10.4. The maximum absolute atomic E-state index is 12.7. The number of carbonyl (C=O) groups is 1. The molecule has 2 aromatic carbocycles. The van der Waals surface area contributed by atoms with E-state index in [1.165, 1.54) is 17.6 Å². The number of benzene rings is 2. The zero-order chi connectivity index (χ0) is 30.4. The molecular weight excluding hydrogens is 566 g/mol. The molecule has 5 rings (SSSR count). The Kier molecular flexibility index (Phi) is 9.43. The molecule has 2 aromatic heterocycles. The minimum atomic E-state index is -3.41. The SMILES string of the molecule is CN1CCN(CCCNC(=O)c2ccc(Nc3nc(NCc4ccccc4N(C)S(C)(=O)=O)c4cc[nH]c4n3)cc2)CC1. The van der Waals surface area contributed by atoms with Crippen molar-refractivity contribution in [2.45, 2.75) is 13.0 Å². The van der Waals surface area contributed by atoms with Crippen LogP contribution in [0.1, 0.15) is 22.3 Å². The van der Waals surface area contributed by atoms with Crippen LogP contribution in [-0.2, 0) is 16.6 Å². The number of hydrogen-bond donors (Lipinski definition) is 4. The first kappa shape index (κ1) is 30.3. The third kappa shape index (κ3) is 7.80. The lowest BCUT2D eigenvalue weighted by Gasteiger charge is -2.32. The standard InChI is InChI=1S/C30H39N9O3S/c1-37-17-19-39(20-18-37)16-6-14-32-29(40)22-9-11-24(12-10-22)34-30-35-27-25(13-15-31-27)28(36-30)33-21-23-7-4-5-8-26(23)38(2)43(3,41)42/h4-5,7-13,15H,6,14,16-21H2,1-3H3,(H,32,40)(H3,31,33,34,35,36). The third-order valence-electron chi connectivity index (χ3n) is 7.63. The molecule has 4 N–H and O–H groups in total. The summed E-state index contributed by atoms with van der Waals surface area (Å²) in [6.07, 6.45) is 3.89. The lowest BCUT2D eigenvalue weighted by Crippen LogP contribution is -2.45. The van der Waals surface area contributed by atoms with Gasteiger partial charge < -0.3 is 30.7 Å². The summed E-state index contributed by atoms with van der Waals surface area (Å²) in [7, 11) is 0.272. The molecule has 1 fully saturated rings. The molecule has 3 heterocycles. The predicted molar refractivity (Wildman–Crippen MR) is 172 cm³/mol. The molecule has 1 aliphatic heterocycles. The molecule has 0 aliphatic carbocycles. The van der Waals surface area contributed by atoms with Crippen LogP contribution in [0.4, 0.5) is 23.1 Å². The number of anilines is 4. The molecular formula is C30H39N9O3S. The molecule has 0 unspecified atom stereocenters. The molecule has 0 bridgehead atoms. The Labute approximate surface area is 252 Å². The van der Waals surface area contributed by atoms with Gasteiger partial charge in [0.2, 0.25) is 16.0 Å². The Morgan fingerprint density at radius 1 is 1.02 bits per heavy atom. The van der Waals surface area contributed by atoms with E-state index >= 15 is 0 Å². The Hall–Kier alpha value is -4.20. The molecule has 13 heteroatoms. The van der Waals surface area contributed by atoms with E-state index in [0.717, 1.165) is 55.8 Å². The van der Waals surface area contributed by atoms with E-state index in [9.17, 15) is 13.2 Å². The number of sulfonamides is 1. The van der Waals surface area contributed by atoms with Gasteiger partial charge in [-0.1, -0.05) is 18.2 Å². The summed E-state index contributed by atoms with van der Waals surface area (Å²) in [4.78, 5) is 29.8. The molecule has 0 spiro atoms. The monoisotopic (exact) mass is 605 g/mol. The highest BCUT2D eigenvalue weighted by Gasteiger charge is 2.17. The number of hydrogen-bond acceptors (Lipinski definition) is 9. The molecule has 1 amide bonds. The number of rotatable bonds is 12. The first-order chi connectivity index (χ1) is 20.7. The molecule has 12 nitrogen and oxygen atoms in total. The summed E-state index contributed by atoms with van der Waals surface area (Å²) in [6, 6.07) is 16.4. The predicted octanol–water partition coefficient (Wildman–Crippen LogP) is 3.08. The smallest absolute Gasteiger partial charge is 0.251 e. The maximum Gasteiger partial charge on any atom is 0.251 e. The topological polar surface area (TPSA) is 139 Å². The van der Waals surface area contributed by atoms with E-state index in [2.05, 4.69) is 47.7 Å². The van der Waals surface area contributed by atoms with Gasteiger partial charge in [0.15, 0.2) is 0 Å². The van der Waals surface area contributed by atoms with E-state index in [1.807, 2.05) is 36.4 Å². The second-order valence-electron chi connectivity index (χ2n) is 10.8. The zero-order valence-corrected chi connectivity index (χ0v) is 25.6. The fourth-order valence-electron chi connectivity index (χ4n) is 4.97. The van der Waals surface area contributed by atoms with Crippen LogP contribution in [0.25, 0.3) is 11.0 Å². The number of para-hydroxylation sites is 1. The van der Waals surface area contributed by atoms with Gasteiger partial charge in [-0.25, -0.2) is 8.42 Å². The van der Waals surface area contributed by atoms with Crippen LogP contribution in [0.3, 0.4) is 0 Å². The molecule has 0 saturated carbocycles. The van der Waals surface area contributed by atoms with Gasteiger partial charge >= 0.3 is 0 Å². The van der Waals surface area contributed by atoms with Gasteiger partial charge in [-0.05, 0) is 62.0 Å². The maximum atomic E-state index is 12.7. The van der Waals surface area contributed by atoms with Gasteiger partial charge in [0.1, 0.15) is 11.5 Å². The average molecular weight is 606 g/mol. The minimum absolute atomic E-state index is 0.0951. The van der Waals surface area contributed by atoms with E-state index < -0.39 is 10.0 Å². The van der Waals surface area contributed by atoms with Crippen LogP contribution in [0.2, 0.25) is 0 Å². The van der Waals surface area contributed by atoms with Crippen LogP contribution < -0.4 is 20.3 Å².